The van der Waals surface area contributed by atoms with Gasteiger partial charge in [-0.3, -0.25) is 9.36 Å². The molecule has 0 N–H and O–H groups in total. The minimum Gasteiger partial charge on any atom is -0.496 e. The van der Waals surface area contributed by atoms with Crippen LogP contribution in [0, 0.1) is 32.1 Å². The lowest BCUT2D eigenvalue weighted by Gasteiger charge is -2.10. The quantitative estimate of drug-likeness (QED) is 0.628. The molecule has 0 aliphatic rings. The summed E-state index contributed by atoms with van der Waals surface area (Å²) in [4.78, 5) is 19.7. The number of rotatable bonds is 5. The van der Waals surface area contributed by atoms with Gasteiger partial charge in [-0.25, -0.2) is 4.98 Å². The van der Waals surface area contributed by atoms with E-state index in [4.69, 9.17) is 10.00 Å². The van der Waals surface area contributed by atoms with Crippen molar-refractivity contribution in [3.63, 3.8) is 0 Å². The predicted molar refractivity (Wildman–Crippen MR) is 105 cm³/mol. The average molecular weight is 367 g/mol. The van der Waals surface area contributed by atoms with E-state index in [0.717, 1.165) is 32.1 Å². The Hall–Kier alpha value is -2.65. The van der Waals surface area contributed by atoms with E-state index in [2.05, 4.69) is 11.1 Å². The Balaban J connectivity index is 2.22. The first kappa shape index (κ1) is 18.2. The highest BCUT2D eigenvalue weighted by Crippen LogP contribution is 2.37. The third-order valence-electron chi connectivity index (χ3n) is 4.53. The van der Waals surface area contributed by atoms with Crippen LogP contribution in [0.3, 0.4) is 0 Å². The summed E-state index contributed by atoms with van der Waals surface area (Å²) in [7, 11) is 1.65. The summed E-state index contributed by atoms with van der Waals surface area (Å²) in [5.74, 6) is 1.52. The molecule has 3 rings (SSSR count). The standard InChI is InChI=1S/C20H21N3O2S/c1-12-11-15(7-8-16(12)25-4)17-13(2)26-19-18(17)20(24)23(14(3)22-19)10-6-5-9-21/h7-8,11H,5-6,10H2,1-4H3. The van der Waals surface area contributed by atoms with Gasteiger partial charge in [0.05, 0.1) is 18.6 Å². The number of hydrogen-bond acceptors (Lipinski definition) is 5. The number of ether oxygens (including phenoxy) is 1. The number of fused-ring (bicyclic) bond motifs is 1. The van der Waals surface area contributed by atoms with Crippen molar-refractivity contribution in [2.75, 3.05) is 7.11 Å². The number of benzene rings is 1. The summed E-state index contributed by atoms with van der Waals surface area (Å²) in [6, 6.07) is 8.09. The van der Waals surface area contributed by atoms with Crippen molar-refractivity contribution in [3.05, 3.63) is 44.8 Å². The molecule has 0 aliphatic heterocycles. The fourth-order valence-electron chi connectivity index (χ4n) is 3.26. The summed E-state index contributed by atoms with van der Waals surface area (Å²) < 4.78 is 7.03. The van der Waals surface area contributed by atoms with Crippen LogP contribution in [0.25, 0.3) is 21.3 Å². The fourth-order valence-corrected chi connectivity index (χ4v) is 4.34. The number of nitriles is 1. The van der Waals surface area contributed by atoms with Crippen LogP contribution in [-0.4, -0.2) is 16.7 Å². The van der Waals surface area contributed by atoms with Crippen LogP contribution in [0.5, 0.6) is 5.75 Å². The zero-order chi connectivity index (χ0) is 18.8. The Kier molecular flexibility index (Phi) is 5.10. The Morgan fingerprint density at radius 1 is 1.31 bits per heavy atom. The maximum atomic E-state index is 13.2. The normalized spacial score (nSPS) is 10.9. The first-order valence-electron chi connectivity index (χ1n) is 8.50. The molecule has 1 aromatic carbocycles. The highest BCUT2D eigenvalue weighted by molar-refractivity contribution is 7.19. The predicted octanol–water partition coefficient (Wildman–Crippen LogP) is 4.36. The molecule has 0 amide bonds. The maximum absolute atomic E-state index is 13.2. The molecule has 0 unspecified atom stereocenters. The molecule has 0 atom stereocenters. The third-order valence-corrected chi connectivity index (χ3v) is 5.53. The molecule has 2 aromatic heterocycles. The minimum absolute atomic E-state index is 0.0294. The molecule has 6 heteroatoms. The van der Waals surface area contributed by atoms with E-state index in [-0.39, 0.29) is 5.56 Å². The molecule has 3 aromatic rings. The molecular formula is C20H21N3O2S. The van der Waals surface area contributed by atoms with Gasteiger partial charge < -0.3 is 4.74 Å². The first-order chi connectivity index (χ1) is 12.5. The van der Waals surface area contributed by atoms with Crippen LogP contribution in [-0.2, 0) is 6.54 Å². The number of methoxy groups -OCH3 is 1. The highest BCUT2D eigenvalue weighted by atomic mass is 32.1. The maximum Gasteiger partial charge on any atom is 0.262 e. The van der Waals surface area contributed by atoms with E-state index in [1.165, 1.54) is 0 Å². The molecule has 134 valence electrons. The summed E-state index contributed by atoms with van der Waals surface area (Å²) in [6.45, 7) is 6.38. The Morgan fingerprint density at radius 2 is 2.08 bits per heavy atom. The SMILES string of the molecule is COc1ccc(-c2c(C)sc3nc(C)n(CCCC#N)c(=O)c23)cc1C. The van der Waals surface area contributed by atoms with Crippen molar-refractivity contribution >= 4 is 21.6 Å². The lowest BCUT2D eigenvalue weighted by molar-refractivity contribution is 0.412. The molecule has 0 bridgehead atoms. The summed E-state index contributed by atoms with van der Waals surface area (Å²) in [5, 5.41) is 9.42. The van der Waals surface area contributed by atoms with E-state index in [9.17, 15) is 4.79 Å². The largest absolute Gasteiger partial charge is 0.496 e. The van der Waals surface area contributed by atoms with Gasteiger partial charge in [0.25, 0.3) is 5.56 Å². The smallest absolute Gasteiger partial charge is 0.262 e. The molecule has 0 spiro atoms. The first-order valence-corrected chi connectivity index (χ1v) is 9.32. The van der Waals surface area contributed by atoms with Gasteiger partial charge in [-0.2, -0.15) is 5.26 Å². The Morgan fingerprint density at radius 3 is 2.73 bits per heavy atom. The summed E-state index contributed by atoms with van der Waals surface area (Å²) in [6.07, 6.45) is 1.07. The molecule has 0 radical (unpaired) electrons. The van der Waals surface area contributed by atoms with Gasteiger partial charge in [0, 0.05) is 23.4 Å². The molecule has 0 fully saturated rings. The van der Waals surface area contributed by atoms with E-state index >= 15 is 0 Å². The molecule has 0 saturated carbocycles. The van der Waals surface area contributed by atoms with Gasteiger partial charge in [-0.05, 0) is 50.5 Å². The number of thiophene rings is 1. The van der Waals surface area contributed by atoms with Crippen LogP contribution in [0.15, 0.2) is 23.0 Å². The Labute approximate surface area is 156 Å². The van der Waals surface area contributed by atoms with Crippen molar-refractivity contribution in [1.82, 2.24) is 9.55 Å². The van der Waals surface area contributed by atoms with Gasteiger partial charge in [-0.15, -0.1) is 11.3 Å². The molecule has 0 saturated heterocycles. The van der Waals surface area contributed by atoms with Gasteiger partial charge in [-0.1, -0.05) is 6.07 Å². The fraction of sp³-hybridized carbons (Fsp3) is 0.350. The molecule has 2 heterocycles. The zero-order valence-corrected chi connectivity index (χ0v) is 16.2. The van der Waals surface area contributed by atoms with Crippen LogP contribution >= 0.6 is 11.3 Å². The molecule has 0 aliphatic carbocycles. The Bertz CT molecular complexity index is 1070. The van der Waals surface area contributed by atoms with Gasteiger partial charge >= 0.3 is 0 Å². The number of aromatic nitrogens is 2. The van der Waals surface area contributed by atoms with Crippen LogP contribution in [0.1, 0.15) is 29.1 Å². The second-order valence-electron chi connectivity index (χ2n) is 6.28. The molecule has 5 nitrogen and oxygen atoms in total. The minimum atomic E-state index is -0.0294. The van der Waals surface area contributed by atoms with E-state index in [1.807, 2.05) is 39.0 Å². The van der Waals surface area contributed by atoms with E-state index < -0.39 is 0 Å². The average Bonchev–Trinajstić information content (AvgIpc) is 2.93. The molecule has 26 heavy (non-hydrogen) atoms. The third kappa shape index (κ3) is 3.11. The van der Waals surface area contributed by atoms with E-state index in [0.29, 0.717) is 30.6 Å². The molecular weight excluding hydrogens is 346 g/mol. The van der Waals surface area contributed by atoms with Crippen molar-refractivity contribution < 1.29 is 4.74 Å². The lowest BCUT2D eigenvalue weighted by atomic mass is 10.0. The van der Waals surface area contributed by atoms with Crippen LogP contribution < -0.4 is 10.3 Å². The van der Waals surface area contributed by atoms with Gasteiger partial charge in [0.1, 0.15) is 16.4 Å². The summed E-state index contributed by atoms with van der Waals surface area (Å²) in [5.41, 5.74) is 2.94. The zero-order valence-electron chi connectivity index (χ0n) is 15.4. The topological polar surface area (TPSA) is 67.9 Å². The highest BCUT2D eigenvalue weighted by Gasteiger charge is 2.19. The number of unbranched alkanes of at least 4 members (excludes halogenated alkanes) is 1. The van der Waals surface area contributed by atoms with Crippen molar-refractivity contribution in [3.8, 4) is 22.9 Å². The van der Waals surface area contributed by atoms with Crippen molar-refractivity contribution in [2.24, 2.45) is 0 Å². The van der Waals surface area contributed by atoms with Crippen LogP contribution in [0.4, 0.5) is 0 Å². The second-order valence-corrected chi connectivity index (χ2v) is 7.48. The van der Waals surface area contributed by atoms with E-state index in [1.54, 1.807) is 23.0 Å². The van der Waals surface area contributed by atoms with Crippen molar-refractivity contribution in [2.45, 2.75) is 40.2 Å². The monoisotopic (exact) mass is 367 g/mol. The second kappa shape index (κ2) is 7.30. The lowest BCUT2D eigenvalue weighted by Crippen LogP contribution is -2.23. The number of nitrogens with zero attached hydrogens (tertiary/aromatic N) is 3. The van der Waals surface area contributed by atoms with Crippen molar-refractivity contribution in [1.29, 1.82) is 5.26 Å². The summed E-state index contributed by atoms with van der Waals surface area (Å²) >= 11 is 1.55. The number of aryl methyl sites for hydroxylation is 3. The number of hydrogen-bond donors (Lipinski definition) is 0. The van der Waals surface area contributed by atoms with Gasteiger partial charge in [0.2, 0.25) is 0 Å². The van der Waals surface area contributed by atoms with Crippen LogP contribution in [0.2, 0.25) is 0 Å². The van der Waals surface area contributed by atoms with Gasteiger partial charge in [0.15, 0.2) is 0 Å².